The van der Waals surface area contributed by atoms with Crippen molar-refractivity contribution in [2.75, 3.05) is 20.3 Å². The molecule has 0 bridgehead atoms. The summed E-state index contributed by atoms with van der Waals surface area (Å²) in [6, 6.07) is 6.02. The number of rotatable bonds is 14. The van der Waals surface area contributed by atoms with Gasteiger partial charge in [-0.2, -0.15) is 0 Å². The van der Waals surface area contributed by atoms with Crippen LogP contribution in [0.2, 0.25) is 0 Å². The highest BCUT2D eigenvalue weighted by molar-refractivity contribution is 5.41. The zero-order valence-corrected chi connectivity index (χ0v) is 18.1. The summed E-state index contributed by atoms with van der Waals surface area (Å²) in [5.74, 6) is 2.92. The number of unbranched alkanes of at least 4 members (excludes halogenated alkanes) is 2. The SMILES string of the molecule is COc1cc(OCCCCCC(C)C)ccc1CCC(N)(CO)CC(C)C. The van der Waals surface area contributed by atoms with Gasteiger partial charge in [0.1, 0.15) is 11.5 Å². The van der Waals surface area contributed by atoms with E-state index in [4.69, 9.17) is 15.2 Å². The second-order valence-corrected chi connectivity index (χ2v) is 8.68. The van der Waals surface area contributed by atoms with Gasteiger partial charge >= 0.3 is 0 Å². The Labute approximate surface area is 166 Å². The molecule has 3 N–H and O–H groups in total. The number of hydrogen-bond acceptors (Lipinski definition) is 4. The Morgan fingerprint density at radius 1 is 1.07 bits per heavy atom. The van der Waals surface area contributed by atoms with Gasteiger partial charge in [-0.05, 0) is 49.1 Å². The fourth-order valence-corrected chi connectivity index (χ4v) is 3.48. The molecule has 0 aliphatic carbocycles. The van der Waals surface area contributed by atoms with Crippen molar-refractivity contribution in [3.8, 4) is 11.5 Å². The third-order valence-corrected chi connectivity index (χ3v) is 4.97. The van der Waals surface area contributed by atoms with Crippen LogP contribution in [0.1, 0.15) is 71.8 Å². The number of hydrogen-bond donors (Lipinski definition) is 2. The third kappa shape index (κ3) is 9.48. The normalized spacial score (nSPS) is 13.8. The van der Waals surface area contributed by atoms with Crippen LogP contribution in [0.15, 0.2) is 18.2 Å². The van der Waals surface area contributed by atoms with Crippen molar-refractivity contribution < 1.29 is 14.6 Å². The summed E-state index contributed by atoms with van der Waals surface area (Å²) in [7, 11) is 1.68. The van der Waals surface area contributed by atoms with Crippen molar-refractivity contribution in [1.29, 1.82) is 0 Å². The zero-order chi connectivity index (χ0) is 20.3. The summed E-state index contributed by atoms with van der Waals surface area (Å²) < 4.78 is 11.4. The summed E-state index contributed by atoms with van der Waals surface area (Å²) in [6.45, 7) is 9.54. The van der Waals surface area contributed by atoms with E-state index < -0.39 is 5.54 Å². The second-order valence-electron chi connectivity index (χ2n) is 8.68. The molecule has 0 heterocycles. The lowest BCUT2D eigenvalue weighted by Gasteiger charge is -2.29. The molecule has 0 aromatic heterocycles. The molecule has 4 heteroatoms. The quantitative estimate of drug-likeness (QED) is 0.448. The van der Waals surface area contributed by atoms with E-state index in [2.05, 4.69) is 33.8 Å². The molecule has 1 unspecified atom stereocenters. The van der Waals surface area contributed by atoms with Gasteiger partial charge in [-0.1, -0.05) is 53.0 Å². The Morgan fingerprint density at radius 2 is 1.81 bits per heavy atom. The van der Waals surface area contributed by atoms with Crippen LogP contribution in [0.4, 0.5) is 0 Å². The smallest absolute Gasteiger partial charge is 0.125 e. The summed E-state index contributed by atoms with van der Waals surface area (Å²) in [5, 5.41) is 9.70. The van der Waals surface area contributed by atoms with Crippen LogP contribution in [0.3, 0.4) is 0 Å². The maximum atomic E-state index is 9.70. The molecule has 0 fully saturated rings. The Morgan fingerprint density at radius 3 is 2.41 bits per heavy atom. The third-order valence-electron chi connectivity index (χ3n) is 4.97. The van der Waals surface area contributed by atoms with Gasteiger partial charge in [0.2, 0.25) is 0 Å². The predicted molar refractivity (Wildman–Crippen MR) is 114 cm³/mol. The lowest BCUT2D eigenvalue weighted by atomic mass is 9.85. The van der Waals surface area contributed by atoms with E-state index in [0.29, 0.717) is 5.92 Å². The molecule has 0 spiro atoms. The number of aliphatic hydroxyl groups is 1. The molecule has 4 nitrogen and oxygen atoms in total. The molecule has 27 heavy (non-hydrogen) atoms. The molecule has 0 aliphatic rings. The Balaban J connectivity index is 2.54. The van der Waals surface area contributed by atoms with Crippen molar-refractivity contribution >= 4 is 0 Å². The van der Waals surface area contributed by atoms with Gasteiger partial charge in [-0.25, -0.2) is 0 Å². The van der Waals surface area contributed by atoms with E-state index >= 15 is 0 Å². The van der Waals surface area contributed by atoms with Crippen molar-refractivity contribution in [1.82, 2.24) is 0 Å². The topological polar surface area (TPSA) is 64.7 Å². The van der Waals surface area contributed by atoms with Gasteiger partial charge < -0.3 is 20.3 Å². The minimum Gasteiger partial charge on any atom is -0.496 e. The van der Waals surface area contributed by atoms with E-state index in [0.717, 1.165) is 55.3 Å². The van der Waals surface area contributed by atoms with E-state index in [-0.39, 0.29) is 6.61 Å². The van der Waals surface area contributed by atoms with Crippen LogP contribution >= 0.6 is 0 Å². The summed E-state index contributed by atoms with van der Waals surface area (Å²) in [4.78, 5) is 0. The molecule has 156 valence electrons. The van der Waals surface area contributed by atoms with Crippen molar-refractivity contribution in [3.05, 3.63) is 23.8 Å². The number of aliphatic hydroxyl groups excluding tert-OH is 1. The first-order valence-electron chi connectivity index (χ1n) is 10.5. The van der Waals surface area contributed by atoms with Crippen molar-refractivity contribution in [3.63, 3.8) is 0 Å². The van der Waals surface area contributed by atoms with Gasteiger partial charge in [-0.3, -0.25) is 0 Å². The van der Waals surface area contributed by atoms with E-state index in [9.17, 15) is 5.11 Å². The monoisotopic (exact) mass is 379 g/mol. The van der Waals surface area contributed by atoms with E-state index in [1.165, 1.54) is 19.3 Å². The maximum Gasteiger partial charge on any atom is 0.125 e. The number of ether oxygens (including phenoxy) is 2. The molecule has 1 aromatic rings. The molecule has 0 amide bonds. The zero-order valence-electron chi connectivity index (χ0n) is 18.1. The number of aryl methyl sites for hydroxylation is 1. The Hall–Kier alpha value is -1.26. The molecular formula is C23H41NO3. The van der Waals surface area contributed by atoms with Crippen molar-refractivity contribution in [2.24, 2.45) is 17.6 Å². The molecule has 1 aromatic carbocycles. The van der Waals surface area contributed by atoms with E-state index in [1.54, 1.807) is 7.11 Å². The highest BCUT2D eigenvalue weighted by Gasteiger charge is 2.25. The van der Waals surface area contributed by atoms with Crippen LogP contribution in [0.5, 0.6) is 11.5 Å². The molecule has 0 aliphatic heterocycles. The molecule has 1 rings (SSSR count). The maximum absolute atomic E-state index is 9.70. The first-order valence-corrected chi connectivity index (χ1v) is 10.5. The van der Waals surface area contributed by atoms with Gasteiger partial charge in [0.15, 0.2) is 0 Å². The average Bonchev–Trinajstić information content (AvgIpc) is 2.62. The largest absolute Gasteiger partial charge is 0.496 e. The van der Waals surface area contributed by atoms with Gasteiger partial charge in [0.25, 0.3) is 0 Å². The van der Waals surface area contributed by atoms with Crippen LogP contribution < -0.4 is 15.2 Å². The minimum absolute atomic E-state index is 0.00546. The van der Waals surface area contributed by atoms with E-state index in [1.807, 2.05) is 12.1 Å². The molecule has 0 saturated carbocycles. The minimum atomic E-state index is -0.537. The fraction of sp³-hybridized carbons (Fsp3) is 0.739. The fourth-order valence-electron chi connectivity index (χ4n) is 3.48. The van der Waals surface area contributed by atoms with Crippen LogP contribution in [-0.2, 0) is 6.42 Å². The molecule has 0 saturated heterocycles. The van der Waals surface area contributed by atoms with Gasteiger partial charge in [0, 0.05) is 11.6 Å². The van der Waals surface area contributed by atoms with Crippen LogP contribution in [0, 0.1) is 11.8 Å². The van der Waals surface area contributed by atoms with Gasteiger partial charge in [0.05, 0.1) is 20.3 Å². The Kier molecular flexibility index (Phi) is 10.8. The lowest BCUT2D eigenvalue weighted by molar-refractivity contribution is 0.165. The van der Waals surface area contributed by atoms with Crippen molar-refractivity contribution in [2.45, 2.75) is 78.2 Å². The standard InChI is InChI=1S/C23H41NO3/c1-18(2)9-7-6-8-14-27-21-11-10-20(22(15-21)26-5)12-13-23(24,17-25)16-19(3)4/h10-11,15,18-19,25H,6-9,12-14,16-17,24H2,1-5H3. The number of nitrogens with two attached hydrogens (primary N) is 1. The summed E-state index contributed by atoms with van der Waals surface area (Å²) in [6.07, 6.45) is 7.17. The average molecular weight is 380 g/mol. The van der Waals surface area contributed by atoms with Gasteiger partial charge in [-0.15, -0.1) is 0 Å². The molecule has 0 radical (unpaired) electrons. The number of benzene rings is 1. The predicted octanol–water partition coefficient (Wildman–Crippen LogP) is 4.96. The highest BCUT2D eigenvalue weighted by Crippen LogP contribution is 2.28. The second kappa shape index (κ2) is 12.2. The summed E-state index contributed by atoms with van der Waals surface area (Å²) in [5.41, 5.74) is 6.94. The summed E-state index contributed by atoms with van der Waals surface area (Å²) >= 11 is 0. The Bertz CT molecular complexity index is 530. The molecular weight excluding hydrogens is 338 g/mol. The lowest BCUT2D eigenvalue weighted by Crippen LogP contribution is -2.45. The van der Waals surface area contributed by atoms with Crippen LogP contribution in [-0.4, -0.2) is 31.0 Å². The highest BCUT2D eigenvalue weighted by atomic mass is 16.5. The van der Waals surface area contributed by atoms with Crippen LogP contribution in [0.25, 0.3) is 0 Å². The number of methoxy groups -OCH3 is 1. The first-order chi connectivity index (χ1) is 12.8. The first kappa shape index (κ1) is 23.8. The molecule has 1 atom stereocenters.